The predicted molar refractivity (Wildman–Crippen MR) is 70.2 cm³/mol. The minimum atomic E-state index is 0.0754. The molecule has 0 radical (unpaired) electrons. The molecule has 1 N–H and O–H groups in total. The minimum absolute atomic E-state index is 0.0754. The Bertz CT molecular complexity index is 418. The molecule has 1 aliphatic rings. The van der Waals surface area contributed by atoms with Gasteiger partial charge in [0, 0.05) is 24.2 Å². The standard InChI is InChI=1S/C14H21NO3/c1-9(2)15-7-14-11-5-10(16-3)6-13(17-4)12(11)8-18-14/h5-6,9,14-15H,7-8H2,1-4H3. The number of ether oxygens (including phenoxy) is 3. The zero-order chi connectivity index (χ0) is 13.1. The summed E-state index contributed by atoms with van der Waals surface area (Å²) in [4.78, 5) is 0. The first-order chi connectivity index (χ1) is 8.65. The van der Waals surface area contributed by atoms with Crippen LogP contribution in [0.4, 0.5) is 0 Å². The summed E-state index contributed by atoms with van der Waals surface area (Å²) < 4.78 is 16.5. The van der Waals surface area contributed by atoms with Gasteiger partial charge in [0.25, 0.3) is 0 Å². The van der Waals surface area contributed by atoms with E-state index < -0.39 is 0 Å². The van der Waals surface area contributed by atoms with Gasteiger partial charge in [-0.3, -0.25) is 0 Å². The molecule has 2 rings (SSSR count). The molecule has 0 aliphatic carbocycles. The van der Waals surface area contributed by atoms with E-state index in [4.69, 9.17) is 14.2 Å². The molecule has 0 bridgehead atoms. The molecule has 0 aromatic heterocycles. The molecule has 0 saturated carbocycles. The third-order valence-electron chi connectivity index (χ3n) is 3.16. The molecule has 1 heterocycles. The van der Waals surface area contributed by atoms with Gasteiger partial charge in [-0.05, 0) is 11.6 Å². The van der Waals surface area contributed by atoms with E-state index in [9.17, 15) is 0 Å². The fraction of sp³-hybridized carbons (Fsp3) is 0.571. The van der Waals surface area contributed by atoms with Gasteiger partial charge in [-0.1, -0.05) is 13.8 Å². The van der Waals surface area contributed by atoms with Crippen LogP contribution in [0.15, 0.2) is 12.1 Å². The number of nitrogens with one attached hydrogen (secondary N) is 1. The Kier molecular flexibility index (Phi) is 4.09. The number of rotatable bonds is 5. The lowest BCUT2D eigenvalue weighted by Crippen LogP contribution is -2.27. The number of methoxy groups -OCH3 is 2. The number of hydrogen-bond donors (Lipinski definition) is 1. The Morgan fingerprint density at radius 2 is 2.11 bits per heavy atom. The Morgan fingerprint density at radius 1 is 1.33 bits per heavy atom. The average molecular weight is 251 g/mol. The second kappa shape index (κ2) is 5.59. The van der Waals surface area contributed by atoms with E-state index in [-0.39, 0.29) is 6.10 Å². The van der Waals surface area contributed by atoms with Crippen LogP contribution in [0, 0.1) is 0 Å². The van der Waals surface area contributed by atoms with E-state index in [1.54, 1.807) is 14.2 Å². The van der Waals surface area contributed by atoms with Crippen molar-refractivity contribution in [3.05, 3.63) is 23.3 Å². The van der Waals surface area contributed by atoms with Crippen molar-refractivity contribution in [2.75, 3.05) is 20.8 Å². The van der Waals surface area contributed by atoms with Gasteiger partial charge >= 0.3 is 0 Å². The highest BCUT2D eigenvalue weighted by Gasteiger charge is 2.27. The van der Waals surface area contributed by atoms with E-state index in [2.05, 4.69) is 19.2 Å². The van der Waals surface area contributed by atoms with Crippen molar-refractivity contribution in [3.63, 3.8) is 0 Å². The van der Waals surface area contributed by atoms with Crippen molar-refractivity contribution in [2.45, 2.75) is 32.6 Å². The summed E-state index contributed by atoms with van der Waals surface area (Å²) in [5.74, 6) is 1.65. The van der Waals surface area contributed by atoms with E-state index in [1.807, 2.05) is 12.1 Å². The first-order valence-electron chi connectivity index (χ1n) is 6.25. The summed E-state index contributed by atoms with van der Waals surface area (Å²) in [6, 6.07) is 4.39. The third kappa shape index (κ3) is 2.60. The van der Waals surface area contributed by atoms with Crippen LogP contribution in [0.2, 0.25) is 0 Å². The average Bonchev–Trinajstić information content (AvgIpc) is 2.78. The Morgan fingerprint density at radius 3 is 2.72 bits per heavy atom. The lowest BCUT2D eigenvalue weighted by molar-refractivity contribution is 0.0641. The smallest absolute Gasteiger partial charge is 0.128 e. The summed E-state index contributed by atoms with van der Waals surface area (Å²) in [5.41, 5.74) is 2.30. The highest BCUT2D eigenvalue weighted by molar-refractivity contribution is 5.49. The summed E-state index contributed by atoms with van der Waals surface area (Å²) >= 11 is 0. The molecule has 4 nitrogen and oxygen atoms in total. The maximum absolute atomic E-state index is 5.82. The van der Waals surface area contributed by atoms with Crippen LogP contribution in [-0.4, -0.2) is 26.8 Å². The third-order valence-corrected chi connectivity index (χ3v) is 3.16. The van der Waals surface area contributed by atoms with E-state index in [1.165, 1.54) is 5.56 Å². The first kappa shape index (κ1) is 13.2. The molecular weight excluding hydrogens is 230 g/mol. The zero-order valence-corrected chi connectivity index (χ0v) is 11.4. The van der Waals surface area contributed by atoms with Crippen LogP contribution in [0.5, 0.6) is 11.5 Å². The van der Waals surface area contributed by atoms with Gasteiger partial charge < -0.3 is 19.5 Å². The quantitative estimate of drug-likeness (QED) is 0.871. The van der Waals surface area contributed by atoms with Gasteiger partial charge in [-0.15, -0.1) is 0 Å². The van der Waals surface area contributed by atoms with Gasteiger partial charge in [0.15, 0.2) is 0 Å². The summed E-state index contributed by atoms with van der Waals surface area (Å²) in [6.45, 7) is 5.66. The Hall–Kier alpha value is -1.26. The number of fused-ring (bicyclic) bond motifs is 1. The highest BCUT2D eigenvalue weighted by atomic mass is 16.5. The summed E-state index contributed by atoms with van der Waals surface area (Å²) in [6.07, 6.45) is 0.0754. The van der Waals surface area contributed by atoms with Crippen LogP contribution in [0.1, 0.15) is 31.1 Å². The van der Waals surface area contributed by atoms with Gasteiger partial charge in [0.05, 0.1) is 26.9 Å². The molecule has 1 aromatic rings. The molecule has 0 saturated heterocycles. The molecular formula is C14H21NO3. The molecule has 4 heteroatoms. The Balaban J connectivity index is 2.24. The van der Waals surface area contributed by atoms with E-state index >= 15 is 0 Å². The largest absolute Gasteiger partial charge is 0.497 e. The van der Waals surface area contributed by atoms with Gasteiger partial charge in [-0.25, -0.2) is 0 Å². The normalized spacial score (nSPS) is 17.9. The van der Waals surface area contributed by atoms with Crippen LogP contribution >= 0.6 is 0 Å². The van der Waals surface area contributed by atoms with Crippen molar-refractivity contribution in [1.82, 2.24) is 5.32 Å². The molecule has 1 aromatic carbocycles. The molecule has 0 fully saturated rings. The molecule has 1 atom stereocenters. The van der Waals surface area contributed by atoms with Crippen molar-refractivity contribution in [2.24, 2.45) is 0 Å². The SMILES string of the molecule is COc1cc(OC)c2c(c1)C(CNC(C)C)OC2. The van der Waals surface area contributed by atoms with Crippen molar-refractivity contribution in [3.8, 4) is 11.5 Å². The van der Waals surface area contributed by atoms with Crippen molar-refractivity contribution >= 4 is 0 Å². The molecule has 0 amide bonds. The highest BCUT2D eigenvalue weighted by Crippen LogP contribution is 2.39. The van der Waals surface area contributed by atoms with Crippen LogP contribution in [0.25, 0.3) is 0 Å². The molecule has 0 spiro atoms. The van der Waals surface area contributed by atoms with Gasteiger partial charge in [-0.2, -0.15) is 0 Å². The maximum atomic E-state index is 5.82. The van der Waals surface area contributed by atoms with E-state index in [0.29, 0.717) is 12.6 Å². The topological polar surface area (TPSA) is 39.7 Å². The van der Waals surface area contributed by atoms with Crippen LogP contribution < -0.4 is 14.8 Å². The zero-order valence-electron chi connectivity index (χ0n) is 11.4. The number of hydrogen-bond acceptors (Lipinski definition) is 4. The van der Waals surface area contributed by atoms with E-state index in [0.717, 1.165) is 23.6 Å². The molecule has 1 unspecified atom stereocenters. The second-order valence-corrected chi connectivity index (χ2v) is 4.76. The fourth-order valence-corrected chi connectivity index (χ4v) is 2.17. The van der Waals surface area contributed by atoms with Crippen LogP contribution in [-0.2, 0) is 11.3 Å². The molecule has 100 valence electrons. The van der Waals surface area contributed by atoms with Crippen molar-refractivity contribution < 1.29 is 14.2 Å². The lowest BCUT2D eigenvalue weighted by Gasteiger charge is -2.15. The minimum Gasteiger partial charge on any atom is -0.497 e. The monoisotopic (exact) mass is 251 g/mol. The van der Waals surface area contributed by atoms with Crippen LogP contribution in [0.3, 0.4) is 0 Å². The Labute approximate surface area is 108 Å². The van der Waals surface area contributed by atoms with Gasteiger partial charge in [0.2, 0.25) is 0 Å². The molecule has 1 aliphatic heterocycles. The van der Waals surface area contributed by atoms with Gasteiger partial charge in [0.1, 0.15) is 11.5 Å². The predicted octanol–water partition coefficient (Wildman–Crippen LogP) is 2.27. The first-order valence-corrected chi connectivity index (χ1v) is 6.25. The second-order valence-electron chi connectivity index (χ2n) is 4.76. The summed E-state index contributed by atoms with van der Waals surface area (Å²) in [7, 11) is 3.34. The summed E-state index contributed by atoms with van der Waals surface area (Å²) in [5, 5.41) is 3.40. The number of benzene rings is 1. The lowest BCUT2D eigenvalue weighted by atomic mass is 10.0. The maximum Gasteiger partial charge on any atom is 0.128 e. The molecule has 18 heavy (non-hydrogen) atoms. The fourth-order valence-electron chi connectivity index (χ4n) is 2.17. The van der Waals surface area contributed by atoms with Crippen molar-refractivity contribution in [1.29, 1.82) is 0 Å².